The summed E-state index contributed by atoms with van der Waals surface area (Å²) in [7, 11) is 0. The zero-order valence-electron chi connectivity index (χ0n) is 8.02. The molecule has 4 nitrogen and oxygen atoms in total. The summed E-state index contributed by atoms with van der Waals surface area (Å²) in [5.74, 6) is -0.471. The summed E-state index contributed by atoms with van der Waals surface area (Å²) < 4.78 is 3.44. The van der Waals surface area contributed by atoms with Crippen LogP contribution >= 0.6 is 38.5 Å². The molecule has 1 heterocycles. The predicted octanol–water partition coefficient (Wildman–Crippen LogP) is 2.34. The third-order valence-corrected chi connectivity index (χ3v) is 3.07. The van der Waals surface area contributed by atoms with Crippen molar-refractivity contribution in [3.05, 3.63) is 44.2 Å². The molecule has 0 saturated carbocycles. The zero-order valence-corrected chi connectivity index (χ0v) is 11.8. The van der Waals surface area contributed by atoms with E-state index in [1.54, 1.807) is 23.0 Å². The molecule has 82 valence electrons. The molecule has 0 atom stereocenters. The van der Waals surface area contributed by atoms with Crippen LogP contribution < -0.4 is 5.73 Å². The lowest BCUT2D eigenvalue weighted by Crippen LogP contribution is -2.14. The number of hydrogen-bond donors (Lipinski definition) is 1. The minimum atomic E-state index is -0.471. The Kier molecular flexibility index (Phi) is 3.29. The first-order valence-corrected chi connectivity index (χ1v) is 6.25. The van der Waals surface area contributed by atoms with Gasteiger partial charge in [-0.1, -0.05) is 15.9 Å². The van der Waals surface area contributed by atoms with Crippen LogP contribution in [-0.4, -0.2) is 15.7 Å². The Labute approximate surface area is 114 Å². The summed E-state index contributed by atoms with van der Waals surface area (Å²) >= 11 is 5.46. The van der Waals surface area contributed by atoms with Crippen molar-refractivity contribution in [2.75, 3.05) is 0 Å². The molecule has 0 spiro atoms. The second kappa shape index (κ2) is 4.54. The van der Waals surface area contributed by atoms with Gasteiger partial charge in [0.1, 0.15) is 0 Å². The van der Waals surface area contributed by atoms with Gasteiger partial charge in [0.15, 0.2) is 0 Å². The smallest absolute Gasteiger partial charge is 0.250 e. The molecule has 16 heavy (non-hydrogen) atoms. The van der Waals surface area contributed by atoms with Gasteiger partial charge in [0.2, 0.25) is 0 Å². The Morgan fingerprint density at radius 1 is 1.50 bits per heavy atom. The summed E-state index contributed by atoms with van der Waals surface area (Å²) in [5, 5.41) is 4.14. The summed E-state index contributed by atoms with van der Waals surface area (Å²) in [6.45, 7) is 0. The van der Waals surface area contributed by atoms with Crippen LogP contribution in [-0.2, 0) is 0 Å². The topological polar surface area (TPSA) is 60.9 Å². The van der Waals surface area contributed by atoms with Gasteiger partial charge in [-0.2, -0.15) is 5.10 Å². The van der Waals surface area contributed by atoms with Crippen LogP contribution in [0, 0.1) is 3.57 Å². The number of aromatic nitrogens is 2. The zero-order chi connectivity index (χ0) is 11.7. The molecule has 0 aliphatic carbocycles. The van der Waals surface area contributed by atoms with Gasteiger partial charge in [0.25, 0.3) is 5.91 Å². The van der Waals surface area contributed by atoms with E-state index >= 15 is 0 Å². The normalized spacial score (nSPS) is 10.4. The Bertz CT molecular complexity index is 553. The monoisotopic (exact) mass is 391 g/mol. The van der Waals surface area contributed by atoms with Gasteiger partial charge in [0, 0.05) is 10.7 Å². The maximum absolute atomic E-state index is 11.3. The molecule has 1 amide bonds. The Morgan fingerprint density at radius 2 is 2.25 bits per heavy atom. The van der Waals surface area contributed by atoms with Crippen molar-refractivity contribution >= 4 is 44.4 Å². The first kappa shape index (κ1) is 11.6. The highest BCUT2D eigenvalue weighted by atomic mass is 127. The lowest BCUT2D eigenvalue weighted by Gasteiger charge is -2.06. The minimum Gasteiger partial charge on any atom is -0.366 e. The van der Waals surface area contributed by atoms with Crippen LogP contribution in [0.25, 0.3) is 5.69 Å². The largest absolute Gasteiger partial charge is 0.366 e. The quantitative estimate of drug-likeness (QED) is 0.798. The lowest BCUT2D eigenvalue weighted by atomic mass is 10.1. The molecule has 0 fully saturated rings. The van der Waals surface area contributed by atoms with Crippen molar-refractivity contribution in [2.45, 2.75) is 0 Å². The van der Waals surface area contributed by atoms with E-state index in [2.05, 4.69) is 43.6 Å². The number of carbonyl (C=O) groups is 1. The van der Waals surface area contributed by atoms with Crippen molar-refractivity contribution in [3.8, 4) is 5.69 Å². The van der Waals surface area contributed by atoms with Gasteiger partial charge in [-0.25, -0.2) is 4.68 Å². The number of halogens is 2. The summed E-state index contributed by atoms with van der Waals surface area (Å²) in [5.41, 5.74) is 6.44. The highest BCUT2D eigenvalue weighted by Gasteiger charge is 2.11. The molecule has 0 aliphatic heterocycles. The molecule has 1 aromatic carbocycles. The van der Waals surface area contributed by atoms with Gasteiger partial charge in [-0.05, 0) is 40.8 Å². The van der Waals surface area contributed by atoms with E-state index in [1.165, 1.54) is 0 Å². The minimum absolute atomic E-state index is 0.439. The fourth-order valence-corrected chi connectivity index (χ4v) is 2.09. The Balaban J connectivity index is 2.60. The Hall–Kier alpha value is -0.890. The number of hydrogen-bond acceptors (Lipinski definition) is 2. The highest BCUT2D eigenvalue weighted by Crippen LogP contribution is 2.20. The number of primary amides is 1. The molecule has 2 aromatic rings. The highest BCUT2D eigenvalue weighted by molar-refractivity contribution is 14.1. The Morgan fingerprint density at radius 3 is 2.81 bits per heavy atom. The van der Waals surface area contributed by atoms with E-state index in [-0.39, 0.29) is 0 Å². The van der Waals surface area contributed by atoms with Crippen LogP contribution in [0.1, 0.15) is 10.4 Å². The molecule has 2 rings (SSSR count). The van der Waals surface area contributed by atoms with E-state index in [0.717, 1.165) is 8.04 Å². The van der Waals surface area contributed by atoms with Crippen LogP contribution in [0.15, 0.2) is 35.1 Å². The molecule has 0 aliphatic rings. The average Bonchev–Trinajstić information content (AvgIpc) is 2.64. The number of rotatable bonds is 2. The van der Waals surface area contributed by atoms with Crippen LogP contribution in [0.3, 0.4) is 0 Å². The van der Waals surface area contributed by atoms with Crippen LogP contribution in [0.4, 0.5) is 0 Å². The predicted molar refractivity (Wildman–Crippen MR) is 72.5 cm³/mol. The SMILES string of the molecule is NC(=O)c1cc(Br)ccc1-n1cc(I)cn1. The van der Waals surface area contributed by atoms with Gasteiger partial charge >= 0.3 is 0 Å². The number of nitrogens with two attached hydrogens (primary N) is 1. The fourth-order valence-electron chi connectivity index (χ4n) is 1.34. The second-order valence-electron chi connectivity index (χ2n) is 3.13. The molecule has 2 N–H and O–H groups in total. The van der Waals surface area contributed by atoms with E-state index in [9.17, 15) is 4.79 Å². The maximum Gasteiger partial charge on any atom is 0.250 e. The first-order valence-electron chi connectivity index (χ1n) is 4.38. The molecule has 0 radical (unpaired) electrons. The third kappa shape index (κ3) is 2.27. The van der Waals surface area contributed by atoms with Gasteiger partial charge in [0.05, 0.1) is 21.0 Å². The van der Waals surface area contributed by atoms with Crippen LogP contribution in [0.5, 0.6) is 0 Å². The van der Waals surface area contributed by atoms with Crippen molar-refractivity contribution in [2.24, 2.45) is 5.73 Å². The lowest BCUT2D eigenvalue weighted by molar-refractivity contribution is 0.1000. The summed E-state index contributed by atoms with van der Waals surface area (Å²) in [4.78, 5) is 11.3. The first-order chi connectivity index (χ1) is 7.58. The van der Waals surface area contributed by atoms with Crippen molar-refractivity contribution in [1.29, 1.82) is 0 Å². The number of carbonyl (C=O) groups excluding carboxylic acids is 1. The molecule has 1 aromatic heterocycles. The fraction of sp³-hybridized carbons (Fsp3) is 0. The molecular weight excluding hydrogens is 385 g/mol. The van der Waals surface area contributed by atoms with E-state index in [0.29, 0.717) is 11.3 Å². The standard InChI is InChI=1S/C10H7BrIN3O/c11-6-1-2-9(8(3-6)10(13)16)15-5-7(12)4-14-15/h1-5H,(H2,13,16). The van der Waals surface area contributed by atoms with Crippen molar-refractivity contribution < 1.29 is 4.79 Å². The molecule has 0 unspecified atom stereocenters. The van der Waals surface area contributed by atoms with E-state index in [4.69, 9.17) is 5.73 Å². The van der Waals surface area contributed by atoms with Gasteiger partial charge in [-0.3, -0.25) is 4.79 Å². The second-order valence-corrected chi connectivity index (χ2v) is 5.29. The molecular formula is C10H7BrIN3O. The van der Waals surface area contributed by atoms with Crippen molar-refractivity contribution in [1.82, 2.24) is 9.78 Å². The van der Waals surface area contributed by atoms with E-state index < -0.39 is 5.91 Å². The molecule has 0 bridgehead atoms. The van der Waals surface area contributed by atoms with Gasteiger partial charge in [-0.15, -0.1) is 0 Å². The van der Waals surface area contributed by atoms with Crippen molar-refractivity contribution in [3.63, 3.8) is 0 Å². The average molecular weight is 392 g/mol. The third-order valence-electron chi connectivity index (χ3n) is 2.02. The summed E-state index contributed by atoms with van der Waals surface area (Å²) in [6, 6.07) is 5.33. The molecule has 0 saturated heterocycles. The number of benzene rings is 1. The number of nitrogens with zero attached hydrogens (tertiary/aromatic N) is 2. The van der Waals surface area contributed by atoms with E-state index in [1.807, 2.05) is 12.3 Å². The van der Waals surface area contributed by atoms with Gasteiger partial charge < -0.3 is 5.73 Å². The maximum atomic E-state index is 11.3. The number of amides is 1. The molecule has 6 heteroatoms. The van der Waals surface area contributed by atoms with Crippen LogP contribution in [0.2, 0.25) is 0 Å². The summed E-state index contributed by atoms with van der Waals surface area (Å²) in [6.07, 6.45) is 3.55.